The molecule has 1 unspecified atom stereocenters. The van der Waals surface area contributed by atoms with E-state index in [1.807, 2.05) is 54.6 Å². The standard InChI is InChI=1S/C20H23NO4/c1-25-19-11-8-15(9-12-19)7-10-18(22)14-17(21-20(23)24)13-16-5-3-2-4-6-16/h2-6,8-9,11-12,17,21H,7,10,13-14H2,1H3,(H,23,24). The molecule has 1 amide bonds. The van der Waals surface area contributed by atoms with Gasteiger partial charge in [0, 0.05) is 18.9 Å². The molecule has 25 heavy (non-hydrogen) atoms. The molecule has 2 aromatic carbocycles. The number of carboxylic acid groups (broad SMARTS) is 1. The summed E-state index contributed by atoms with van der Waals surface area (Å²) in [6, 6.07) is 16.8. The van der Waals surface area contributed by atoms with Gasteiger partial charge in [-0.2, -0.15) is 0 Å². The zero-order valence-electron chi connectivity index (χ0n) is 14.3. The van der Waals surface area contributed by atoms with Crippen molar-refractivity contribution in [3.63, 3.8) is 0 Å². The van der Waals surface area contributed by atoms with Crippen LogP contribution in [0.3, 0.4) is 0 Å². The van der Waals surface area contributed by atoms with Crippen LogP contribution in [0.25, 0.3) is 0 Å². The van der Waals surface area contributed by atoms with Crippen molar-refractivity contribution in [1.29, 1.82) is 0 Å². The Morgan fingerprint density at radius 3 is 2.32 bits per heavy atom. The summed E-state index contributed by atoms with van der Waals surface area (Å²) in [5, 5.41) is 11.4. The lowest BCUT2D eigenvalue weighted by Gasteiger charge is -2.16. The van der Waals surface area contributed by atoms with Crippen LogP contribution in [0.15, 0.2) is 54.6 Å². The van der Waals surface area contributed by atoms with E-state index < -0.39 is 12.1 Å². The number of hydrogen-bond donors (Lipinski definition) is 2. The summed E-state index contributed by atoms with van der Waals surface area (Å²) in [6.45, 7) is 0. The number of hydrogen-bond acceptors (Lipinski definition) is 3. The van der Waals surface area contributed by atoms with E-state index >= 15 is 0 Å². The van der Waals surface area contributed by atoms with Crippen LogP contribution in [-0.2, 0) is 17.6 Å². The molecule has 0 spiro atoms. The molecule has 132 valence electrons. The SMILES string of the molecule is COc1ccc(CCC(=O)CC(Cc2ccccc2)NC(=O)O)cc1. The predicted molar refractivity (Wildman–Crippen MR) is 96.0 cm³/mol. The fourth-order valence-corrected chi connectivity index (χ4v) is 2.70. The van der Waals surface area contributed by atoms with Crippen LogP contribution in [0.2, 0.25) is 0 Å². The zero-order valence-corrected chi connectivity index (χ0v) is 14.3. The summed E-state index contributed by atoms with van der Waals surface area (Å²) >= 11 is 0. The highest BCUT2D eigenvalue weighted by molar-refractivity contribution is 5.80. The number of ketones is 1. The second-order valence-corrected chi connectivity index (χ2v) is 5.93. The Kier molecular flexibility index (Phi) is 7.01. The molecule has 2 rings (SSSR count). The molecular formula is C20H23NO4. The molecule has 0 radical (unpaired) electrons. The van der Waals surface area contributed by atoms with Gasteiger partial charge in [-0.25, -0.2) is 4.79 Å². The Morgan fingerprint density at radius 1 is 1.04 bits per heavy atom. The number of methoxy groups -OCH3 is 1. The number of nitrogens with one attached hydrogen (secondary N) is 1. The molecule has 0 saturated heterocycles. The number of ether oxygens (including phenoxy) is 1. The molecule has 0 fully saturated rings. The second-order valence-electron chi connectivity index (χ2n) is 5.93. The van der Waals surface area contributed by atoms with Gasteiger partial charge in [-0.1, -0.05) is 42.5 Å². The highest BCUT2D eigenvalue weighted by Gasteiger charge is 2.16. The Hall–Kier alpha value is -2.82. The molecule has 2 aromatic rings. The van der Waals surface area contributed by atoms with Crippen LogP contribution >= 0.6 is 0 Å². The van der Waals surface area contributed by atoms with Crippen molar-refractivity contribution >= 4 is 11.9 Å². The molecular weight excluding hydrogens is 318 g/mol. The Bertz CT molecular complexity index is 683. The minimum atomic E-state index is -1.11. The van der Waals surface area contributed by atoms with Crippen molar-refractivity contribution in [2.24, 2.45) is 0 Å². The number of Topliss-reactive ketones (excluding diaryl/α,β-unsaturated/α-hetero) is 1. The minimum absolute atomic E-state index is 0.0468. The van der Waals surface area contributed by atoms with Crippen molar-refractivity contribution in [3.8, 4) is 5.75 Å². The maximum Gasteiger partial charge on any atom is 0.404 e. The first kappa shape index (κ1) is 18.5. The van der Waals surface area contributed by atoms with Crippen LogP contribution < -0.4 is 10.1 Å². The largest absolute Gasteiger partial charge is 0.497 e. The number of aryl methyl sites for hydroxylation is 1. The molecule has 0 bridgehead atoms. The van der Waals surface area contributed by atoms with E-state index in [2.05, 4.69) is 5.32 Å². The highest BCUT2D eigenvalue weighted by Crippen LogP contribution is 2.14. The van der Waals surface area contributed by atoms with E-state index in [1.165, 1.54) is 0 Å². The first-order valence-corrected chi connectivity index (χ1v) is 8.25. The molecule has 0 heterocycles. The molecule has 2 N–H and O–H groups in total. The number of amides is 1. The van der Waals surface area contributed by atoms with E-state index in [0.29, 0.717) is 19.3 Å². The van der Waals surface area contributed by atoms with Gasteiger partial charge in [0.05, 0.1) is 7.11 Å². The lowest BCUT2D eigenvalue weighted by Crippen LogP contribution is -2.37. The first-order valence-electron chi connectivity index (χ1n) is 8.25. The second kappa shape index (κ2) is 9.47. The number of carbonyl (C=O) groups excluding carboxylic acids is 1. The number of benzene rings is 2. The fraction of sp³-hybridized carbons (Fsp3) is 0.300. The average Bonchev–Trinajstić information content (AvgIpc) is 2.60. The van der Waals surface area contributed by atoms with Gasteiger partial charge in [0.15, 0.2) is 0 Å². The Morgan fingerprint density at radius 2 is 1.72 bits per heavy atom. The molecule has 0 aliphatic heterocycles. The third-order valence-corrected chi connectivity index (χ3v) is 3.98. The summed E-state index contributed by atoms with van der Waals surface area (Å²) in [6.07, 6.45) is 0.606. The maximum absolute atomic E-state index is 12.3. The summed E-state index contributed by atoms with van der Waals surface area (Å²) in [7, 11) is 1.61. The van der Waals surface area contributed by atoms with E-state index in [4.69, 9.17) is 9.84 Å². The molecule has 0 aromatic heterocycles. The van der Waals surface area contributed by atoms with Crippen LogP contribution in [0.5, 0.6) is 5.75 Å². The van der Waals surface area contributed by atoms with Crippen LogP contribution in [-0.4, -0.2) is 30.1 Å². The van der Waals surface area contributed by atoms with Gasteiger partial charge in [0.25, 0.3) is 0 Å². The molecule has 0 aliphatic rings. The predicted octanol–water partition coefficient (Wildman–Crippen LogP) is 3.47. The van der Waals surface area contributed by atoms with Crippen LogP contribution in [0.4, 0.5) is 4.79 Å². The van der Waals surface area contributed by atoms with E-state index in [1.54, 1.807) is 7.11 Å². The first-order chi connectivity index (χ1) is 12.1. The maximum atomic E-state index is 12.3. The molecule has 0 aliphatic carbocycles. The van der Waals surface area contributed by atoms with Crippen LogP contribution in [0, 0.1) is 0 Å². The quantitative estimate of drug-likeness (QED) is 0.732. The summed E-state index contributed by atoms with van der Waals surface area (Å²) in [5.41, 5.74) is 2.06. The number of rotatable bonds is 9. The Balaban J connectivity index is 1.88. The topological polar surface area (TPSA) is 75.6 Å². The van der Waals surface area contributed by atoms with Crippen molar-refractivity contribution < 1.29 is 19.4 Å². The Labute approximate surface area is 147 Å². The van der Waals surface area contributed by atoms with Gasteiger partial charge in [0.1, 0.15) is 11.5 Å². The van der Waals surface area contributed by atoms with Crippen molar-refractivity contribution in [2.45, 2.75) is 31.7 Å². The van der Waals surface area contributed by atoms with Gasteiger partial charge in [-0.05, 0) is 36.1 Å². The molecule has 5 heteroatoms. The average molecular weight is 341 g/mol. The zero-order chi connectivity index (χ0) is 18.1. The third-order valence-electron chi connectivity index (χ3n) is 3.98. The minimum Gasteiger partial charge on any atom is -0.497 e. The monoisotopic (exact) mass is 341 g/mol. The fourth-order valence-electron chi connectivity index (χ4n) is 2.70. The normalized spacial score (nSPS) is 11.6. The van der Waals surface area contributed by atoms with E-state index in [0.717, 1.165) is 16.9 Å². The summed E-state index contributed by atoms with van der Waals surface area (Å²) < 4.78 is 5.11. The highest BCUT2D eigenvalue weighted by atomic mass is 16.5. The third kappa shape index (κ3) is 6.67. The summed E-state index contributed by atoms with van der Waals surface area (Å²) in [5.74, 6) is 0.828. The lowest BCUT2D eigenvalue weighted by molar-refractivity contribution is -0.119. The van der Waals surface area contributed by atoms with E-state index in [9.17, 15) is 9.59 Å². The van der Waals surface area contributed by atoms with E-state index in [-0.39, 0.29) is 12.2 Å². The van der Waals surface area contributed by atoms with Gasteiger partial charge in [-0.15, -0.1) is 0 Å². The van der Waals surface area contributed by atoms with Crippen molar-refractivity contribution in [1.82, 2.24) is 5.32 Å². The lowest BCUT2D eigenvalue weighted by atomic mass is 9.98. The van der Waals surface area contributed by atoms with Gasteiger partial charge in [-0.3, -0.25) is 4.79 Å². The summed E-state index contributed by atoms with van der Waals surface area (Å²) in [4.78, 5) is 23.3. The van der Waals surface area contributed by atoms with Crippen molar-refractivity contribution in [2.75, 3.05) is 7.11 Å². The van der Waals surface area contributed by atoms with Crippen molar-refractivity contribution in [3.05, 3.63) is 65.7 Å². The van der Waals surface area contributed by atoms with Gasteiger partial charge < -0.3 is 15.2 Å². The van der Waals surface area contributed by atoms with Crippen LogP contribution in [0.1, 0.15) is 24.0 Å². The number of carbonyl (C=O) groups is 2. The smallest absolute Gasteiger partial charge is 0.404 e. The molecule has 1 atom stereocenters. The van der Waals surface area contributed by atoms with Gasteiger partial charge in [0.2, 0.25) is 0 Å². The molecule has 5 nitrogen and oxygen atoms in total. The molecule has 0 saturated carbocycles. The van der Waals surface area contributed by atoms with Gasteiger partial charge >= 0.3 is 6.09 Å².